The van der Waals surface area contributed by atoms with Crippen LogP contribution in [0.25, 0.3) is 0 Å². The van der Waals surface area contributed by atoms with Crippen LogP contribution in [-0.4, -0.2) is 24.8 Å². The molecule has 1 aliphatic rings. The van der Waals surface area contributed by atoms with Gasteiger partial charge in [-0.2, -0.15) is 0 Å². The molecule has 0 bridgehead atoms. The smallest absolute Gasteiger partial charge is 0.309 e. The molecule has 1 aliphatic heterocycles. The summed E-state index contributed by atoms with van der Waals surface area (Å²) in [5.74, 6) is -0.226. The Morgan fingerprint density at radius 3 is 2.17 bits per heavy atom. The van der Waals surface area contributed by atoms with Crippen LogP contribution in [0.2, 0.25) is 0 Å². The summed E-state index contributed by atoms with van der Waals surface area (Å²) >= 11 is 0. The monoisotopic (exact) mass is 312 g/mol. The minimum absolute atomic E-state index is 0.226. The van der Waals surface area contributed by atoms with Crippen LogP contribution in [0.1, 0.15) is 17.5 Å². The van der Waals surface area contributed by atoms with Crippen molar-refractivity contribution >= 4 is 5.97 Å². The van der Waals surface area contributed by atoms with Crippen molar-refractivity contribution in [3.8, 4) is 0 Å². The van der Waals surface area contributed by atoms with Gasteiger partial charge in [-0.05, 0) is 11.1 Å². The highest BCUT2D eigenvalue weighted by Crippen LogP contribution is 2.20. The normalized spacial score (nSPS) is 20.4. The maximum Gasteiger partial charge on any atom is 0.309 e. The molecule has 23 heavy (non-hydrogen) atoms. The zero-order chi connectivity index (χ0) is 15.9. The van der Waals surface area contributed by atoms with Gasteiger partial charge in [-0.1, -0.05) is 60.7 Å². The van der Waals surface area contributed by atoms with Gasteiger partial charge < -0.3 is 14.2 Å². The third-order valence-corrected chi connectivity index (χ3v) is 3.77. The van der Waals surface area contributed by atoms with Gasteiger partial charge in [-0.15, -0.1) is 0 Å². The fourth-order valence-corrected chi connectivity index (χ4v) is 2.54. The zero-order valence-corrected chi connectivity index (χ0v) is 12.9. The van der Waals surface area contributed by atoms with Gasteiger partial charge in [0.2, 0.25) is 0 Å². The Bertz CT molecular complexity index is 612. The Morgan fingerprint density at radius 2 is 1.52 bits per heavy atom. The van der Waals surface area contributed by atoms with Crippen LogP contribution in [0, 0.1) is 0 Å². The standard InChI is InChI=1S/C19H20O4/c20-19-11-17(22-13-16-9-5-2-6-10-16)18(23-19)14-21-12-15-7-3-1-4-8-15/h1-10,17-18H,11-14H2. The van der Waals surface area contributed by atoms with Gasteiger partial charge in [0.15, 0.2) is 6.10 Å². The Balaban J connectivity index is 1.48. The summed E-state index contributed by atoms with van der Waals surface area (Å²) in [6, 6.07) is 19.8. The number of benzene rings is 2. The molecule has 1 heterocycles. The summed E-state index contributed by atoms with van der Waals surface area (Å²) in [5.41, 5.74) is 2.18. The second kappa shape index (κ2) is 7.90. The molecule has 2 unspecified atom stereocenters. The zero-order valence-electron chi connectivity index (χ0n) is 12.9. The molecule has 2 aromatic carbocycles. The lowest BCUT2D eigenvalue weighted by Crippen LogP contribution is -2.29. The molecule has 1 saturated heterocycles. The van der Waals surface area contributed by atoms with Gasteiger partial charge in [0.25, 0.3) is 0 Å². The topological polar surface area (TPSA) is 44.8 Å². The highest BCUT2D eigenvalue weighted by atomic mass is 16.6. The molecular weight excluding hydrogens is 292 g/mol. The van der Waals surface area contributed by atoms with E-state index >= 15 is 0 Å². The molecule has 0 aliphatic carbocycles. The predicted octanol–water partition coefficient (Wildman–Crippen LogP) is 3.10. The van der Waals surface area contributed by atoms with Gasteiger partial charge in [-0.25, -0.2) is 0 Å². The van der Waals surface area contributed by atoms with Gasteiger partial charge in [0, 0.05) is 0 Å². The van der Waals surface area contributed by atoms with Crippen molar-refractivity contribution in [1.82, 2.24) is 0 Å². The highest BCUT2D eigenvalue weighted by Gasteiger charge is 2.35. The number of cyclic esters (lactones) is 1. The quantitative estimate of drug-likeness (QED) is 0.737. The summed E-state index contributed by atoms with van der Waals surface area (Å²) in [6.45, 7) is 1.32. The maximum absolute atomic E-state index is 11.6. The molecule has 120 valence electrons. The summed E-state index contributed by atoms with van der Waals surface area (Å²) < 4.78 is 16.8. The van der Waals surface area contributed by atoms with Crippen LogP contribution in [0.3, 0.4) is 0 Å². The van der Waals surface area contributed by atoms with Crippen LogP contribution >= 0.6 is 0 Å². The molecule has 0 saturated carbocycles. The van der Waals surface area contributed by atoms with E-state index in [2.05, 4.69) is 0 Å². The molecule has 0 radical (unpaired) electrons. The van der Waals surface area contributed by atoms with Crippen molar-refractivity contribution < 1.29 is 19.0 Å². The summed E-state index contributed by atoms with van der Waals surface area (Å²) in [4.78, 5) is 11.6. The van der Waals surface area contributed by atoms with E-state index in [9.17, 15) is 4.79 Å². The van der Waals surface area contributed by atoms with Crippen LogP contribution in [-0.2, 0) is 32.2 Å². The Kier molecular flexibility index (Phi) is 5.40. The average molecular weight is 312 g/mol. The molecule has 2 atom stereocenters. The Morgan fingerprint density at radius 1 is 0.913 bits per heavy atom. The number of esters is 1. The van der Waals surface area contributed by atoms with Gasteiger partial charge in [-0.3, -0.25) is 4.79 Å². The fraction of sp³-hybridized carbons (Fsp3) is 0.316. The molecule has 1 fully saturated rings. The molecule has 0 aromatic heterocycles. The van der Waals surface area contributed by atoms with E-state index in [1.54, 1.807) is 0 Å². The van der Waals surface area contributed by atoms with E-state index < -0.39 is 0 Å². The number of carbonyl (C=O) groups excluding carboxylic acids is 1. The van der Waals surface area contributed by atoms with E-state index in [1.165, 1.54) is 0 Å². The SMILES string of the molecule is O=C1CC(OCc2ccccc2)C(COCc2ccccc2)O1. The second-order valence-corrected chi connectivity index (χ2v) is 5.57. The first-order valence-corrected chi connectivity index (χ1v) is 7.78. The molecule has 0 spiro atoms. The number of hydrogen-bond donors (Lipinski definition) is 0. The first-order chi connectivity index (χ1) is 11.3. The van der Waals surface area contributed by atoms with Crippen LogP contribution in [0.15, 0.2) is 60.7 Å². The van der Waals surface area contributed by atoms with Crippen molar-refractivity contribution in [2.24, 2.45) is 0 Å². The molecule has 4 nitrogen and oxygen atoms in total. The molecule has 2 aromatic rings. The number of hydrogen-bond acceptors (Lipinski definition) is 4. The minimum Gasteiger partial charge on any atom is -0.457 e. The second-order valence-electron chi connectivity index (χ2n) is 5.57. The fourth-order valence-electron chi connectivity index (χ4n) is 2.54. The number of rotatable bonds is 7. The third kappa shape index (κ3) is 4.65. The van der Waals surface area contributed by atoms with Crippen molar-refractivity contribution in [3.63, 3.8) is 0 Å². The van der Waals surface area contributed by atoms with Crippen LogP contribution in [0.4, 0.5) is 0 Å². The van der Waals surface area contributed by atoms with Gasteiger partial charge in [0.1, 0.15) is 6.10 Å². The Hall–Kier alpha value is -2.17. The summed E-state index contributed by atoms with van der Waals surface area (Å²) in [6.07, 6.45) is -0.306. The van der Waals surface area contributed by atoms with Crippen molar-refractivity contribution in [3.05, 3.63) is 71.8 Å². The van der Waals surface area contributed by atoms with E-state index in [-0.39, 0.29) is 24.6 Å². The van der Waals surface area contributed by atoms with E-state index in [0.29, 0.717) is 19.8 Å². The van der Waals surface area contributed by atoms with Crippen LogP contribution < -0.4 is 0 Å². The largest absolute Gasteiger partial charge is 0.457 e. The summed E-state index contributed by atoms with van der Waals surface area (Å²) in [5, 5.41) is 0. The lowest BCUT2D eigenvalue weighted by Gasteiger charge is -2.18. The number of carbonyl (C=O) groups is 1. The number of ether oxygens (including phenoxy) is 3. The van der Waals surface area contributed by atoms with E-state index in [0.717, 1.165) is 11.1 Å². The van der Waals surface area contributed by atoms with E-state index in [4.69, 9.17) is 14.2 Å². The van der Waals surface area contributed by atoms with E-state index in [1.807, 2.05) is 60.7 Å². The maximum atomic E-state index is 11.6. The predicted molar refractivity (Wildman–Crippen MR) is 85.6 cm³/mol. The first-order valence-electron chi connectivity index (χ1n) is 7.78. The lowest BCUT2D eigenvalue weighted by molar-refractivity contribution is -0.144. The molecule has 3 rings (SSSR count). The molecule has 0 amide bonds. The Labute approximate surface area is 136 Å². The van der Waals surface area contributed by atoms with Gasteiger partial charge >= 0.3 is 5.97 Å². The summed E-state index contributed by atoms with van der Waals surface area (Å²) in [7, 11) is 0. The minimum atomic E-state index is -0.338. The average Bonchev–Trinajstić information content (AvgIpc) is 2.95. The van der Waals surface area contributed by atoms with Crippen molar-refractivity contribution in [2.75, 3.05) is 6.61 Å². The van der Waals surface area contributed by atoms with Crippen molar-refractivity contribution in [2.45, 2.75) is 31.8 Å². The third-order valence-electron chi connectivity index (χ3n) is 3.77. The lowest BCUT2D eigenvalue weighted by atomic mass is 10.2. The first kappa shape index (κ1) is 15.7. The molecule has 4 heteroatoms. The van der Waals surface area contributed by atoms with Gasteiger partial charge in [0.05, 0.1) is 26.2 Å². The van der Waals surface area contributed by atoms with Crippen LogP contribution in [0.5, 0.6) is 0 Å². The van der Waals surface area contributed by atoms with Crippen molar-refractivity contribution in [1.29, 1.82) is 0 Å². The highest BCUT2D eigenvalue weighted by molar-refractivity contribution is 5.72. The molecule has 0 N–H and O–H groups in total. The molecular formula is C19H20O4.